The molecule has 0 saturated heterocycles. The number of thioether (sulfide) groups is 1. The Bertz CT molecular complexity index is 929. The molecule has 0 fully saturated rings. The lowest BCUT2D eigenvalue weighted by atomic mass is 10.2. The van der Waals surface area contributed by atoms with E-state index in [0.29, 0.717) is 28.3 Å². The lowest BCUT2D eigenvalue weighted by Gasteiger charge is -2.09. The van der Waals surface area contributed by atoms with Gasteiger partial charge in [-0.1, -0.05) is 41.4 Å². The zero-order chi connectivity index (χ0) is 17.1. The van der Waals surface area contributed by atoms with Crippen LogP contribution in [0.1, 0.15) is 0 Å². The molecule has 0 spiro atoms. The van der Waals surface area contributed by atoms with Gasteiger partial charge in [-0.2, -0.15) is 0 Å². The second-order valence-electron chi connectivity index (χ2n) is 4.95. The molecule has 7 heteroatoms. The molecular formula is C17H13Cl2NO3S. The summed E-state index contributed by atoms with van der Waals surface area (Å²) >= 11 is 13.3. The van der Waals surface area contributed by atoms with E-state index < -0.39 is 0 Å². The summed E-state index contributed by atoms with van der Waals surface area (Å²) in [4.78, 5) is 15.1. The summed E-state index contributed by atoms with van der Waals surface area (Å²) in [7, 11) is 0. The van der Waals surface area contributed by atoms with Crippen molar-refractivity contribution in [1.82, 2.24) is 4.98 Å². The number of fused-ring (bicyclic) bond motifs is 1. The molecule has 124 valence electrons. The van der Waals surface area contributed by atoms with Crippen LogP contribution in [0, 0.1) is 0 Å². The van der Waals surface area contributed by atoms with Crippen LogP contribution in [0.25, 0.3) is 10.9 Å². The van der Waals surface area contributed by atoms with Crippen molar-refractivity contribution in [1.29, 1.82) is 0 Å². The van der Waals surface area contributed by atoms with Crippen LogP contribution in [-0.4, -0.2) is 22.5 Å². The summed E-state index contributed by atoms with van der Waals surface area (Å²) in [5.74, 6) is 1.12. The Morgan fingerprint density at radius 1 is 1.17 bits per heavy atom. The Morgan fingerprint density at radius 3 is 2.67 bits per heavy atom. The number of aromatic amines is 1. The highest BCUT2D eigenvalue weighted by molar-refractivity contribution is 7.99. The maximum absolute atomic E-state index is 12.2. The number of para-hydroxylation sites is 1. The number of rotatable bonds is 5. The molecule has 2 aromatic carbocycles. The van der Waals surface area contributed by atoms with Gasteiger partial charge in [0.15, 0.2) is 0 Å². The van der Waals surface area contributed by atoms with E-state index in [1.807, 2.05) is 30.3 Å². The summed E-state index contributed by atoms with van der Waals surface area (Å²) in [5.41, 5.74) is 0.0166. The number of ether oxygens (including phenoxy) is 1. The monoisotopic (exact) mass is 381 g/mol. The third-order valence-corrected chi connectivity index (χ3v) is 4.86. The number of H-pyrrole nitrogens is 1. The van der Waals surface area contributed by atoms with Crippen LogP contribution < -0.4 is 10.3 Å². The van der Waals surface area contributed by atoms with Crippen LogP contribution >= 0.6 is 35.0 Å². The van der Waals surface area contributed by atoms with Gasteiger partial charge in [0.05, 0.1) is 22.5 Å². The van der Waals surface area contributed by atoms with Crippen LogP contribution in [0.3, 0.4) is 0 Å². The van der Waals surface area contributed by atoms with Gasteiger partial charge in [0.2, 0.25) is 0 Å². The first-order valence-corrected chi connectivity index (χ1v) is 8.85. The molecule has 2 N–H and O–H groups in total. The first kappa shape index (κ1) is 17.0. The van der Waals surface area contributed by atoms with Gasteiger partial charge in [-0.05, 0) is 24.3 Å². The van der Waals surface area contributed by atoms with Crippen LogP contribution in [0.4, 0.5) is 0 Å². The molecule has 0 atom stereocenters. The van der Waals surface area contributed by atoms with E-state index in [0.717, 1.165) is 5.75 Å². The summed E-state index contributed by atoms with van der Waals surface area (Å²) in [6, 6.07) is 12.5. The van der Waals surface area contributed by atoms with Gasteiger partial charge in [0, 0.05) is 10.8 Å². The molecular weight excluding hydrogens is 369 g/mol. The summed E-state index contributed by atoms with van der Waals surface area (Å²) in [6.07, 6.45) is 0. The van der Waals surface area contributed by atoms with Crippen LogP contribution in [-0.2, 0) is 0 Å². The van der Waals surface area contributed by atoms with Gasteiger partial charge in [-0.15, -0.1) is 11.8 Å². The molecule has 24 heavy (non-hydrogen) atoms. The molecule has 0 unspecified atom stereocenters. The van der Waals surface area contributed by atoms with Crippen molar-refractivity contribution in [2.75, 3.05) is 12.4 Å². The van der Waals surface area contributed by atoms with Crippen molar-refractivity contribution in [3.63, 3.8) is 0 Å². The highest BCUT2D eigenvalue weighted by Gasteiger charge is 2.15. The van der Waals surface area contributed by atoms with E-state index >= 15 is 0 Å². The zero-order valence-electron chi connectivity index (χ0n) is 12.4. The second kappa shape index (κ2) is 7.38. The number of benzene rings is 2. The highest BCUT2D eigenvalue weighted by atomic mass is 35.5. The predicted molar refractivity (Wildman–Crippen MR) is 98.9 cm³/mol. The standard InChI is InChI=1S/C17H13Cl2NO3S/c18-10-8-12(19)14-13(9-10)20-17(22)16(15(14)21)24-7-6-23-11-4-2-1-3-5-11/h1-5,8-9H,6-7H2,(H2,20,21,22). The Hall–Kier alpha value is -1.82. The van der Waals surface area contributed by atoms with Crippen molar-refractivity contribution in [3.8, 4) is 11.5 Å². The molecule has 0 saturated carbocycles. The summed E-state index contributed by atoms with van der Waals surface area (Å²) in [6.45, 7) is 0.403. The van der Waals surface area contributed by atoms with Crippen molar-refractivity contribution in [2.45, 2.75) is 4.90 Å². The predicted octanol–water partition coefficient (Wildman–Crippen LogP) is 4.71. The Morgan fingerprint density at radius 2 is 1.92 bits per heavy atom. The molecule has 1 heterocycles. The number of aromatic nitrogens is 1. The summed E-state index contributed by atoms with van der Waals surface area (Å²) in [5, 5.41) is 11.5. The molecule has 0 radical (unpaired) electrons. The van der Waals surface area contributed by atoms with Crippen molar-refractivity contribution in [2.24, 2.45) is 0 Å². The molecule has 3 aromatic rings. The van der Waals surface area contributed by atoms with Crippen molar-refractivity contribution in [3.05, 3.63) is 62.9 Å². The molecule has 0 aliphatic carbocycles. The number of pyridine rings is 1. The van der Waals surface area contributed by atoms with Gasteiger partial charge < -0.3 is 14.8 Å². The summed E-state index contributed by atoms with van der Waals surface area (Å²) < 4.78 is 5.58. The average Bonchev–Trinajstić information content (AvgIpc) is 2.54. The fourth-order valence-electron chi connectivity index (χ4n) is 2.27. The van der Waals surface area contributed by atoms with Gasteiger partial charge >= 0.3 is 0 Å². The molecule has 4 nitrogen and oxygen atoms in total. The second-order valence-corrected chi connectivity index (χ2v) is 6.90. The molecule has 1 aromatic heterocycles. The largest absolute Gasteiger partial charge is 0.506 e. The molecule has 0 amide bonds. The first-order chi connectivity index (χ1) is 11.6. The van der Waals surface area contributed by atoms with E-state index in [1.54, 1.807) is 6.07 Å². The third kappa shape index (κ3) is 3.64. The van der Waals surface area contributed by atoms with Gasteiger partial charge in [0.25, 0.3) is 5.56 Å². The number of halogens is 2. The van der Waals surface area contributed by atoms with Crippen LogP contribution in [0.15, 0.2) is 52.2 Å². The van der Waals surface area contributed by atoms with Crippen molar-refractivity contribution >= 4 is 45.9 Å². The van der Waals surface area contributed by atoms with E-state index in [-0.39, 0.29) is 21.2 Å². The topological polar surface area (TPSA) is 62.3 Å². The Kier molecular flexibility index (Phi) is 5.23. The number of hydrogen-bond acceptors (Lipinski definition) is 4. The van der Waals surface area contributed by atoms with E-state index in [4.69, 9.17) is 27.9 Å². The number of nitrogens with one attached hydrogen (secondary N) is 1. The van der Waals surface area contributed by atoms with Crippen LogP contribution in [0.5, 0.6) is 11.5 Å². The Balaban J connectivity index is 1.78. The highest BCUT2D eigenvalue weighted by Crippen LogP contribution is 2.37. The normalized spacial score (nSPS) is 10.9. The SMILES string of the molecule is O=c1[nH]c2cc(Cl)cc(Cl)c2c(O)c1SCCOc1ccccc1. The number of aromatic hydroxyl groups is 1. The van der Waals surface area contributed by atoms with E-state index in [9.17, 15) is 9.90 Å². The smallest absolute Gasteiger partial charge is 0.265 e. The molecule has 0 bridgehead atoms. The minimum atomic E-state index is -0.386. The number of hydrogen-bond donors (Lipinski definition) is 2. The minimum Gasteiger partial charge on any atom is -0.506 e. The lowest BCUT2D eigenvalue weighted by molar-refractivity contribution is 0.344. The van der Waals surface area contributed by atoms with Crippen LogP contribution in [0.2, 0.25) is 10.0 Å². The molecule has 0 aliphatic heterocycles. The third-order valence-electron chi connectivity index (χ3n) is 3.30. The van der Waals surface area contributed by atoms with Gasteiger partial charge in [-0.25, -0.2) is 0 Å². The minimum absolute atomic E-state index is 0.139. The zero-order valence-corrected chi connectivity index (χ0v) is 14.7. The maximum Gasteiger partial charge on any atom is 0.265 e. The fourth-order valence-corrected chi connectivity index (χ4v) is 3.64. The average molecular weight is 382 g/mol. The van der Waals surface area contributed by atoms with E-state index in [1.165, 1.54) is 17.8 Å². The first-order valence-electron chi connectivity index (χ1n) is 7.11. The quantitative estimate of drug-likeness (QED) is 0.496. The molecule has 3 rings (SSSR count). The van der Waals surface area contributed by atoms with Crippen molar-refractivity contribution < 1.29 is 9.84 Å². The maximum atomic E-state index is 12.2. The fraction of sp³-hybridized carbons (Fsp3) is 0.118. The molecule has 0 aliphatic rings. The van der Waals surface area contributed by atoms with Gasteiger partial charge in [0.1, 0.15) is 16.4 Å². The Labute approximate surface area is 152 Å². The lowest BCUT2D eigenvalue weighted by Crippen LogP contribution is -2.10. The van der Waals surface area contributed by atoms with Gasteiger partial charge in [-0.3, -0.25) is 4.79 Å². The van der Waals surface area contributed by atoms with E-state index in [2.05, 4.69) is 4.98 Å².